The van der Waals surface area contributed by atoms with Crippen molar-refractivity contribution in [3.05, 3.63) is 12.3 Å². The van der Waals surface area contributed by atoms with Crippen molar-refractivity contribution >= 4 is 158 Å². The maximum atomic E-state index is 10.5. The number of aliphatic hydroxyl groups excluding tert-OH is 4. The predicted molar refractivity (Wildman–Crippen MR) is 245 cm³/mol. The van der Waals surface area contributed by atoms with E-state index in [1.165, 1.54) is 27.7 Å². The Morgan fingerprint density at radius 2 is 0.824 bits per heavy atom. The molecule has 14 nitrogen and oxygen atoms in total. The maximum absolute atomic E-state index is 10.5. The molecule has 298 valence electrons. The number of ketones is 2. The fourth-order valence-electron chi connectivity index (χ4n) is 1.19. The molecule has 51 heavy (non-hydrogen) atoms. The Balaban J connectivity index is -0.0000000498. The van der Waals surface area contributed by atoms with Gasteiger partial charge in [0, 0.05) is 71.9 Å². The van der Waals surface area contributed by atoms with Gasteiger partial charge in [0.25, 0.3) is 5.78 Å². The van der Waals surface area contributed by atoms with Crippen molar-refractivity contribution in [1.82, 2.24) is 0 Å². The Labute approximate surface area is 388 Å². The molecule has 0 fully saturated rings. The van der Waals surface area contributed by atoms with E-state index in [0.29, 0.717) is 19.0 Å². The molecule has 0 aromatic carbocycles. The van der Waals surface area contributed by atoms with Gasteiger partial charge >= 0.3 is 74.4 Å². The molecule has 0 saturated heterocycles. The van der Waals surface area contributed by atoms with Crippen LogP contribution < -0.4 is 13.3 Å². The van der Waals surface area contributed by atoms with Crippen molar-refractivity contribution in [2.75, 3.05) is 46.2 Å². The topological polar surface area (TPSA) is 220 Å². The van der Waals surface area contributed by atoms with Crippen LogP contribution in [0.1, 0.15) is 49.0 Å². The predicted octanol–water partition coefficient (Wildman–Crippen LogP) is 1.28. The molecule has 21 heteroatoms. The molecule has 0 aromatic heterocycles. The Kier molecular flexibility index (Phi) is 107. The van der Waals surface area contributed by atoms with Gasteiger partial charge in [0.05, 0.1) is 5.76 Å². The summed E-state index contributed by atoms with van der Waals surface area (Å²) in [6.45, 7) is 10.5. The van der Waals surface area contributed by atoms with Gasteiger partial charge in [0.2, 0.25) is 5.78 Å². The molecule has 0 saturated carbocycles. The maximum Gasteiger partial charge on any atom is 0.104 e. The molecule has 0 bridgehead atoms. The quantitative estimate of drug-likeness (QED) is 0.0580. The standard InChI is InChI=1S/C8H8O4.2C6H8O3.C5H8O2.C4H6O2.CH4.I3.I2.2HI/c1-6(9)8(11)4-3-5-12-7(2)10;2*1-6(8)9-5-3-2-4-7;1-4(2)7-5(3)6;5-3-1-2-4-6;;1-3-2;1-2;;/h5H2,1-2H3;2*7H,4-5H2,1H3;1H2,2-3H3;5-6H,3-4H2;1H4;;;2*1H/q;;;;;;-1;;;. The Morgan fingerprint density at radius 1 is 0.569 bits per heavy atom. The molecular weight excluding hydrogens is 1470 g/mol. The summed E-state index contributed by atoms with van der Waals surface area (Å²) in [5.41, 5.74) is 0. The first kappa shape index (κ1) is 76.0. The Bertz CT molecular complexity index is 1100. The van der Waals surface area contributed by atoms with E-state index in [2.05, 4.69) is 141 Å². The van der Waals surface area contributed by atoms with E-state index in [-0.39, 0.29) is 120 Å². The van der Waals surface area contributed by atoms with Crippen molar-refractivity contribution < 1.29 is 81.4 Å². The van der Waals surface area contributed by atoms with E-state index in [1.807, 2.05) is 5.92 Å². The van der Waals surface area contributed by atoms with E-state index in [4.69, 9.17) is 20.4 Å². The van der Waals surface area contributed by atoms with Crippen LogP contribution in [0.5, 0.6) is 0 Å². The van der Waals surface area contributed by atoms with Gasteiger partial charge in [0.1, 0.15) is 26.4 Å². The van der Waals surface area contributed by atoms with Gasteiger partial charge in [0.15, 0.2) is 19.8 Å². The molecular formula is C30H44I7O14-. The fraction of sp³-hybridized carbons (Fsp3) is 0.467. The number of hydrogen-bond acceptors (Lipinski definition) is 14. The second-order valence-corrected chi connectivity index (χ2v) is 22.8. The summed E-state index contributed by atoms with van der Waals surface area (Å²) < 4.78 is 17.7. The number of ether oxygens (including phenoxy) is 4. The second-order valence-electron chi connectivity index (χ2n) is 6.57. The molecule has 0 aliphatic heterocycles. The molecule has 0 spiro atoms. The van der Waals surface area contributed by atoms with Gasteiger partial charge < -0.3 is 39.4 Å². The molecule has 4 N–H and O–H groups in total. The molecule has 0 aromatic rings. The van der Waals surface area contributed by atoms with E-state index < -0.39 is 17.5 Å². The van der Waals surface area contributed by atoms with Crippen LogP contribution in [0.25, 0.3) is 0 Å². The summed E-state index contributed by atoms with van der Waals surface area (Å²) >= 11 is 9.54. The second kappa shape index (κ2) is 71.5. The number of halogens is 7. The van der Waals surface area contributed by atoms with Gasteiger partial charge in [-0.15, -0.1) is 48.0 Å². The van der Waals surface area contributed by atoms with Gasteiger partial charge in [-0.1, -0.05) is 55.4 Å². The van der Waals surface area contributed by atoms with Gasteiger partial charge in [-0.25, -0.2) is 0 Å². The third kappa shape index (κ3) is 128. The first-order valence-corrected chi connectivity index (χ1v) is 31.0. The van der Waals surface area contributed by atoms with E-state index in [9.17, 15) is 28.8 Å². The van der Waals surface area contributed by atoms with Crippen molar-refractivity contribution in [3.63, 3.8) is 0 Å². The minimum atomic E-state index is -0.776. The third-order valence-electron chi connectivity index (χ3n) is 2.57. The van der Waals surface area contributed by atoms with Crippen molar-refractivity contribution in [1.29, 1.82) is 0 Å². The Hall–Kier alpha value is 0.150. The zero-order valence-electron chi connectivity index (χ0n) is 27.7. The number of rotatable bonds is 5. The summed E-state index contributed by atoms with van der Waals surface area (Å²) in [6, 6.07) is 0. The molecule has 0 amide bonds. The van der Waals surface area contributed by atoms with Crippen molar-refractivity contribution in [2.45, 2.75) is 49.0 Å². The zero-order chi connectivity index (χ0) is 39.2. The van der Waals surface area contributed by atoms with Crippen LogP contribution in [0, 0.1) is 47.4 Å². The van der Waals surface area contributed by atoms with Crippen molar-refractivity contribution in [2.24, 2.45) is 0 Å². The summed E-state index contributed by atoms with van der Waals surface area (Å²) in [5, 5.41) is 32.1. The van der Waals surface area contributed by atoms with Crippen LogP contribution in [-0.2, 0) is 47.7 Å². The van der Waals surface area contributed by atoms with Crippen LogP contribution in [0.15, 0.2) is 12.3 Å². The van der Waals surface area contributed by atoms with Crippen molar-refractivity contribution in [3.8, 4) is 47.4 Å². The SMILES string of the molecule is C.C=C(C)OC(C)=O.CC(=O)OCC#CC(=O)C(C)=O.CC(=O)OCC#CCO.CC(=O)OCC#CCO.I.I.II.I[I-]I.OCC#CCO. The number of esters is 4. The average molecular weight is 1520 g/mol. The number of aliphatic hydroxyl groups is 4. The Morgan fingerprint density at radius 3 is 1.00 bits per heavy atom. The number of allylic oxidation sites excluding steroid dienone is 1. The van der Waals surface area contributed by atoms with Crippen LogP contribution in [0.3, 0.4) is 0 Å². The van der Waals surface area contributed by atoms with Gasteiger partial charge in [-0.3, -0.25) is 28.8 Å². The molecule has 0 atom stereocenters. The van der Waals surface area contributed by atoms with E-state index >= 15 is 0 Å². The van der Waals surface area contributed by atoms with Crippen LogP contribution in [-0.4, -0.2) is 102 Å². The molecule has 0 radical (unpaired) electrons. The molecule has 0 aliphatic rings. The van der Waals surface area contributed by atoms with Crippen LogP contribution >= 0.6 is 122 Å². The smallest absolute Gasteiger partial charge is 0.104 e. The van der Waals surface area contributed by atoms with E-state index in [0.717, 1.165) is 6.92 Å². The monoisotopic (exact) mass is 1520 g/mol. The summed E-state index contributed by atoms with van der Waals surface area (Å²) in [6.07, 6.45) is 0. The third-order valence-corrected chi connectivity index (χ3v) is 2.57. The number of hydrogen-bond donors (Lipinski definition) is 4. The minimum Gasteiger partial charge on any atom is -0.384 e. The first-order valence-electron chi connectivity index (χ1n) is 12.1. The number of carbonyl (C=O) groups excluding carboxylic acids is 6. The number of Topliss-reactive ketones (excluding diaryl/α,β-unsaturated/α-hetero) is 2. The molecule has 0 aliphatic carbocycles. The van der Waals surface area contributed by atoms with E-state index in [1.54, 1.807) is 6.92 Å². The van der Waals surface area contributed by atoms with Gasteiger partial charge in [-0.2, -0.15) is 0 Å². The van der Waals surface area contributed by atoms with Crippen LogP contribution in [0.2, 0.25) is 0 Å². The largest absolute Gasteiger partial charge is 0.384 e. The number of carbonyl (C=O) groups is 6. The average Bonchev–Trinajstić information content (AvgIpc) is 3.00. The zero-order valence-corrected chi connectivity index (χ0v) is 43.2. The minimum absolute atomic E-state index is 0. The molecule has 0 unspecified atom stereocenters. The molecule has 0 rings (SSSR count). The molecule has 0 heterocycles. The summed E-state index contributed by atoms with van der Waals surface area (Å²) in [5.74, 6) is 15.8. The van der Waals surface area contributed by atoms with Gasteiger partial charge in [-0.05, 0) is 12.8 Å². The normalized spacial score (nSPS) is 6.78. The summed E-state index contributed by atoms with van der Waals surface area (Å²) in [4.78, 5) is 61.1. The first-order chi connectivity index (χ1) is 22.5. The van der Waals surface area contributed by atoms with Crippen LogP contribution in [0.4, 0.5) is 0 Å². The summed E-state index contributed by atoms with van der Waals surface area (Å²) in [7, 11) is 0. The fourth-order valence-corrected chi connectivity index (χ4v) is 1.19.